The lowest BCUT2D eigenvalue weighted by atomic mass is 10.2. The number of ether oxygens (including phenoxy) is 1. The molecule has 0 aliphatic carbocycles. The summed E-state index contributed by atoms with van der Waals surface area (Å²) in [5.41, 5.74) is 1.74. The number of methoxy groups -OCH3 is 1. The van der Waals surface area contributed by atoms with E-state index in [-0.39, 0.29) is 5.82 Å². The maximum atomic E-state index is 13.5. The van der Waals surface area contributed by atoms with E-state index in [1.807, 2.05) is 35.8 Å². The minimum Gasteiger partial charge on any atom is -0.496 e. The highest BCUT2D eigenvalue weighted by Crippen LogP contribution is 2.30. The summed E-state index contributed by atoms with van der Waals surface area (Å²) in [4.78, 5) is 0. The zero-order chi connectivity index (χ0) is 17.8. The van der Waals surface area contributed by atoms with Crippen LogP contribution in [0.4, 0.5) is 4.39 Å². The lowest BCUT2D eigenvalue weighted by molar-refractivity contribution is 0.410. The van der Waals surface area contributed by atoms with Crippen LogP contribution in [0.1, 0.15) is 12.5 Å². The van der Waals surface area contributed by atoms with Gasteiger partial charge in [-0.2, -0.15) is 0 Å². The fourth-order valence-corrected chi connectivity index (χ4v) is 3.60. The molecule has 0 saturated heterocycles. The molecule has 2 aromatic carbocycles. The first-order valence-corrected chi connectivity index (χ1v) is 9.13. The molecule has 0 bridgehead atoms. The van der Waals surface area contributed by atoms with E-state index in [0.717, 1.165) is 28.7 Å². The van der Waals surface area contributed by atoms with Crippen LogP contribution in [0.15, 0.2) is 47.6 Å². The largest absolute Gasteiger partial charge is 0.496 e. The van der Waals surface area contributed by atoms with E-state index in [2.05, 4.69) is 10.2 Å². The van der Waals surface area contributed by atoms with Gasteiger partial charge in [-0.25, -0.2) is 4.39 Å². The maximum Gasteiger partial charge on any atom is 0.191 e. The summed E-state index contributed by atoms with van der Waals surface area (Å²) in [6.45, 7) is 2.77. The molecule has 0 aliphatic heterocycles. The van der Waals surface area contributed by atoms with Crippen molar-refractivity contribution in [3.63, 3.8) is 0 Å². The van der Waals surface area contributed by atoms with E-state index in [0.29, 0.717) is 16.5 Å². The summed E-state index contributed by atoms with van der Waals surface area (Å²) in [7, 11) is 1.58. The summed E-state index contributed by atoms with van der Waals surface area (Å²) in [5, 5.41) is 10.0. The first-order chi connectivity index (χ1) is 12.1. The van der Waals surface area contributed by atoms with Gasteiger partial charge in [-0.3, -0.25) is 0 Å². The minimum absolute atomic E-state index is 0.282. The first kappa shape index (κ1) is 17.8. The summed E-state index contributed by atoms with van der Waals surface area (Å²) >= 11 is 7.45. The second kappa shape index (κ2) is 7.89. The van der Waals surface area contributed by atoms with Crippen LogP contribution >= 0.6 is 23.4 Å². The molecule has 0 radical (unpaired) electrons. The molecule has 3 rings (SSSR count). The zero-order valence-corrected chi connectivity index (χ0v) is 15.4. The Morgan fingerprint density at radius 2 is 1.92 bits per heavy atom. The van der Waals surface area contributed by atoms with Crippen LogP contribution in [-0.4, -0.2) is 21.9 Å². The Kier molecular flexibility index (Phi) is 5.60. The van der Waals surface area contributed by atoms with E-state index in [1.54, 1.807) is 13.2 Å². The number of thioether (sulfide) groups is 1. The minimum atomic E-state index is -0.282. The van der Waals surface area contributed by atoms with Crippen LogP contribution in [0.2, 0.25) is 5.02 Å². The van der Waals surface area contributed by atoms with Gasteiger partial charge in [0.1, 0.15) is 11.6 Å². The zero-order valence-electron chi connectivity index (χ0n) is 13.9. The number of rotatable bonds is 6. The highest BCUT2D eigenvalue weighted by molar-refractivity contribution is 7.98. The molecule has 7 heteroatoms. The number of hydrogen-bond donors (Lipinski definition) is 0. The molecule has 0 spiro atoms. The summed E-state index contributed by atoms with van der Waals surface area (Å²) < 4.78 is 20.8. The van der Waals surface area contributed by atoms with Crippen molar-refractivity contribution in [3.8, 4) is 17.1 Å². The molecule has 25 heavy (non-hydrogen) atoms. The summed E-state index contributed by atoms with van der Waals surface area (Å²) in [5.74, 6) is 1.71. The van der Waals surface area contributed by atoms with Gasteiger partial charge in [-0.05, 0) is 49.4 Å². The number of nitrogens with zero attached hydrogens (tertiary/aromatic N) is 3. The van der Waals surface area contributed by atoms with Gasteiger partial charge < -0.3 is 9.30 Å². The van der Waals surface area contributed by atoms with Crippen LogP contribution < -0.4 is 4.74 Å². The van der Waals surface area contributed by atoms with Crippen molar-refractivity contribution in [2.24, 2.45) is 0 Å². The molecule has 0 aliphatic rings. The molecule has 0 N–H and O–H groups in total. The molecule has 1 aromatic heterocycles. The van der Waals surface area contributed by atoms with Gasteiger partial charge in [0, 0.05) is 28.4 Å². The predicted molar refractivity (Wildman–Crippen MR) is 98.7 cm³/mol. The van der Waals surface area contributed by atoms with Crippen LogP contribution in [0, 0.1) is 5.82 Å². The Morgan fingerprint density at radius 1 is 1.16 bits per heavy atom. The van der Waals surface area contributed by atoms with Gasteiger partial charge >= 0.3 is 0 Å². The predicted octanol–water partition coefficient (Wildman–Crippen LogP) is 5.06. The highest BCUT2D eigenvalue weighted by Gasteiger charge is 2.14. The van der Waals surface area contributed by atoms with Gasteiger partial charge in [-0.1, -0.05) is 23.4 Å². The van der Waals surface area contributed by atoms with Crippen molar-refractivity contribution in [1.29, 1.82) is 0 Å². The third kappa shape index (κ3) is 3.96. The van der Waals surface area contributed by atoms with E-state index in [9.17, 15) is 4.39 Å². The summed E-state index contributed by atoms with van der Waals surface area (Å²) in [6.07, 6.45) is 0. The standard InChI is InChI=1S/C18H17ClFN3OS/c1-3-23-17(12-4-6-14(19)7-5-12)21-22-18(23)25-11-13-10-15(20)8-9-16(13)24-2/h4-10H,3,11H2,1-2H3. The van der Waals surface area contributed by atoms with Gasteiger partial charge in [0.05, 0.1) is 7.11 Å². The molecule has 130 valence electrons. The SMILES string of the molecule is CCn1c(SCc2cc(F)ccc2OC)nnc1-c1ccc(Cl)cc1. The fourth-order valence-electron chi connectivity index (χ4n) is 2.50. The topological polar surface area (TPSA) is 39.9 Å². The highest BCUT2D eigenvalue weighted by atomic mass is 35.5. The summed E-state index contributed by atoms with van der Waals surface area (Å²) in [6, 6.07) is 12.0. The monoisotopic (exact) mass is 377 g/mol. The molecule has 0 fully saturated rings. The van der Waals surface area contributed by atoms with Crippen molar-refractivity contribution < 1.29 is 9.13 Å². The van der Waals surface area contributed by atoms with Crippen molar-refractivity contribution >= 4 is 23.4 Å². The van der Waals surface area contributed by atoms with E-state index in [4.69, 9.17) is 16.3 Å². The van der Waals surface area contributed by atoms with Crippen LogP contribution in [0.5, 0.6) is 5.75 Å². The van der Waals surface area contributed by atoms with Gasteiger partial charge in [0.2, 0.25) is 0 Å². The Morgan fingerprint density at radius 3 is 2.60 bits per heavy atom. The molecule has 0 atom stereocenters. The first-order valence-electron chi connectivity index (χ1n) is 7.76. The smallest absolute Gasteiger partial charge is 0.191 e. The molecular formula is C18H17ClFN3OS. The van der Waals surface area contributed by atoms with Crippen molar-refractivity contribution in [1.82, 2.24) is 14.8 Å². The second-order valence-electron chi connectivity index (χ2n) is 5.30. The third-order valence-electron chi connectivity index (χ3n) is 3.73. The van der Waals surface area contributed by atoms with Gasteiger partial charge in [0.25, 0.3) is 0 Å². The van der Waals surface area contributed by atoms with Gasteiger partial charge in [-0.15, -0.1) is 10.2 Å². The molecule has 4 nitrogen and oxygen atoms in total. The maximum absolute atomic E-state index is 13.5. The van der Waals surface area contributed by atoms with E-state index < -0.39 is 0 Å². The lowest BCUT2D eigenvalue weighted by Gasteiger charge is -2.10. The fraction of sp³-hybridized carbons (Fsp3) is 0.222. The molecular weight excluding hydrogens is 361 g/mol. The molecule has 3 aromatic rings. The molecule has 1 heterocycles. The quantitative estimate of drug-likeness (QED) is 0.563. The van der Waals surface area contributed by atoms with Gasteiger partial charge in [0.15, 0.2) is 11.0 Å². The Balaban J connectivity index is 1.84. The third-order valence-corrected chi connectivity index (χ3v) is 5.00. The van der Waals surface area contributed by atoms with Crippen LogP contribution in [0.3, 0.4) is 0 Å². The normalized spacial score (nSPS) is 10.9. The van der Waals surface area contributed by atoms with E-state index in [1.165, 1.54) is 23.9 Å². The number of halogens is 2. The van der Waals surface area contributed by atoms with Crippen LogP contribution in [-0.2, 0) is 12.3 Å². The number of benzene rings is 2. The Bertz CT molecular complexity index is 867. The Labute approximate surface area is 155 Å². The second-order valence-corrected chi connectivity index (χ2v) is 6.68. The molecule has 0 amide bonds. The Hall–Kier alpha value is -2.05. The molecule has 0 unspecified atom stereocenters. The van der Waals surface area contributed by atoms with Crippen molar-refractivity contribution in [3.05, 3.63) is 58.9 Å². The van der Waals surface area contributed by atoms with Crippen molar-refractivity contribution in [2.75, 3.05) is 7.11 Å². The molecule has 0 saturated carbocycles. The average Bonchev–Trinajstić information content (AvgIpc) is 3.03. The van der Waals surface area contributed by atoms with Crippen molar-refractivity contribution in [2.45, 2.75) is 24.4 Å². The number of aromatic nitrogens is 3. The van der Waals surface area contributed by atoms with Crippen LogP contribution in [0.25, 0.3) is 11.4 Å². The lowest BCUT2D eigenvalue weighted by Crippen LogP contribution is -2.00. The van der Waals surface area contributed by atoms with E-state index >= 15 is 0 Å². The number of hydrogen-bond acceptors (Lipinski definition) is 4. The average molecular weight is 378 g/mol.